The summed E-state index contributed by atoms with van der Waals surface area (Å²) in [5.74, 6) is -0.678. The Morgan fingerprint density at radius 2 is 2.06 bits per heavy atom. The van der Waals surface area contributed by atoms with Crippen molar-refractivity contribution >= 4 is 45.1 Å². The fourth-order valence-corrected chi connectivity index (χ4v) is 4.47. The number of fused-ring (bicyclic) bond motifs is 2. The molecule has 0 aliphatic carbocycles. The molecule has 0 spiro atoms. The van der Waals surface area contributed by atoms with Gasteiger partial charge in [0.05, 0.1) is 46.7 Å². The highest BCUT2D eigenvalue weighted by atomic mass is 16.2. The molecule has 32 heavy (non-hydrogen) atoms. The molecule has 2 atom stereocenters. The van der Waals surface area contributed by atoms with Crippen LogP contribution in [0.25, 0.3) is 21.8 Å². The first-order valence-corrected chi connectivity index (χ1v) is 10.5. The van der Waals surface area contributed by atoms with Crippen molar-refractivity contribution in [2.45, 2.75) is 25.8 Å². The molecule has 1 fully saturated rings. The van der Waals surface area contributed by atoms with Gasteiger partial charge in [-0.15, -0.1) is 0 Å². The number of nitrogen functional groups attached to an aromatic ring is 1. The second-order valence-electron chi connectivity index (χ2n) is 8.41. The maximum atomic E-state index is 13.3. The third kappa shape index (κ3) is 3.33. The number of pyridine rings is 1. The molecule has 4 aromatic rings. The van der Waals surface area contributed by atoms with Gasteiger partial charge in [0.2, 0.25) is 0 Å². The molecule has 10 nitrogen and oxygen atoms in total. The van der Waals surface area contributed by atoms with Crippen molar-refractivity contribution in [3.63, 3.8) is 0 Å². The van der Waals surface area contributed by atoms with E-state index in [2.05, 4.69) is 38.6 Å². The molecule has 0 saturated carbocycles. The van der Waals surface area contributed by atoms with Gasteiger partial charge in [-0.3, -0.25) is 19.4 Å². The molecule has 2 amide bonds. The smallest absolute Gasteiger partial charge is 0.314 e. The van der Waals surface area contributed by atoms with Gasteiger partial charge in [-0.05, 0) is 36.5 Å². The fourth-order valence-electron chi connectivity index (χ4n) is 4.47. The normalized spacial score (nSPS) is 18.9. The predicted octanol–water partition coefficient (Wildman–Crippen LogP) is 2.37. The number of hydrogen-bond donors (Lipinski definition) is 3. The number of benzene rings is 1. The van der Waals surface area contributed by atoms with Gasteiger partial charge >= 0.3 is 11.8 Å². The van der Waals surface area contributed by atoms with Gasteiger partial charge in [-0.2, -0.15) is 10.2 Å². The van der Waals surface area contributed by atoms with Crippen molar-refractivity contribution in [2.75, 3.05) is 17.6 Å². The average Bonchev–Trinajstić information content (AvgIpc) is 3.43. The Morgan fingerprint density at radius 1 is 1.22 bits per heavy atom. The minimum absolute atomic E-state index is 0.175. The van der Waals surface area contributed by atoms with E-state index in [1.54, 1.807) is 4.90 Å². The summed E-state index contributed by atoms with van der Waals surface area (Å²) in [5.41, 5.74) is 8.77. The van der Waals surface area contributed by atoms with Crippen LogP contribution in [0.3, 0.4) is 0 Å². The highest BCUT2D eigenvalue weighted by Gasteiger charge is 2.34. The zero-order chi connectivity index (χ0) is 22.4. The molecule has 4 heterocycles. The molecule has 0 unspecified atom stereocenters. The van der Waals surface area contributed by atoms with Gasteiger partial charge in [0.15, 0.2) is 0 Å². The number of hydrogen-bond acceptors (Lipinski definition) is 6. The molecule has 1 aliphatic heterocycles. The van der Waals surface area contributed by atoms with E-state index in [9.17, 15) is 9.59 Å². The number of carbonyl (C=O) groups is 2. The number of carbonyl (C=O) groups excluding carboxylic acids is 2. The Hall–Kier alpha value is -3.95. The fraction of sp³-hybridized carbons (Fsp3) is 0.318. The van der Waals surface area contributed by atoms with Gasteiger partial charge in [-0.1, -0.05) is 13.0 Å². The summed E-state index contributed by atoms with van der Waals surface area (Å²) in [4.78, 5) is 32.0. The van der Waals surface area contributed by atoms with Crippen molar-refractivity contribution in [1.82, 2.24) is 29.9 Å². The maximum absolute atomic E-state index is 13.3. The maximum Gasteiger partial charge on any atom is 0.314 e. The number of amides is 2. The van der Waals surface area contributed by atoms with Crippen LogP contribution in [0.15, 0.2) is 36.8 Å². The minimum Gasteiger partial charge on any atom is -0.383 e. The van der Waals surface area contributed by atoms with Crippen molar-refractivity contribution in [3.05, 3.63) is 42.4 Å². The highest BCUT2D eigenvalue weighted by molar-refractivity contribution is 6.40. The molecular weight excluding hydrogens is 408 g/mol. The second kappa shape index (κ2) is 7.63. The van der Waals surface area contributed by atoms with E-state index in [1.165, 1.54) is 12.4 Å². The number of H-pyrrole nitrogens is 1. The summed E-state index contributed by atoms with van der Waals surface area (Å²) in [5, 5.41) is 15.3. The number of aryl methyl sites for hydroxylation is 1. The summed E-state index contributed by atoms with van der Waals surface area (Å²) < 4.78 is 1.81. The van der Waals surface area contributed by atoms with Crippen LogP contribution >= 0.6 is 0 Å². The third-order valence-corrected chi connectivity index (χ3v) is 6.19. The molecule has 4 N–H and O–H groups in total. The molecule has 3 aromatic heterocycles. The SMILES string of the molecule is C[C@H]1CC[C@H](c2ccc3c(cnn3C)c2)N(C(=O)C(=O)Nc2cnc(N)c3cn[nH]c23)C1. The lowest BCUT2D eigenvalue weighted by Crippen LogP contribution is -2.46. The number of nitrogens with one attached hydrogen (secondary N) is 2. The summed E-state index contributed by atoms with van der Waals surface area (Å²) in [6.45, 7) is 2.61. The highest BCUT2D eigenvalue weighted by Crippen LogP contribution is 2.35. The molecule has 164 valence electrons. The van der Waals surface area contributed by atoms with E-state index < -0.39 is 11.8 Å². The van der Waals surface area contributed by atoms with Crippen LogP contribution in [0.5, 0.6) is 0 Å². The van der Waals surface area contributed by atoms with Crippen molar-refractivity contribution in [1.29, 1.82) is 0 Å². The first kappa shape index (κ1) is 20.0. The molecule has 1 saturated heterocycles. The summed E-state index contributed by atoms with van der Waals surface area (Å²) in [7, 11) is 1.90. The number of rotatable bonds is 2. The van der Waals surface area contributed by atoms with E-state index in [4.69, 9.17) is 5.73 Å². The van der Waals surface area contributed by atoms with Crippen molar-refractivity contribution < 1.29 is 9.59 Å². The second-order valence-corrected chi connectivity index (χ2v) is 8.41. The van der Waals surface area contributed by atoms with Crippen LogP contribution in [0.1, 0.15) is 31.4 Å². The van der Waals surface area contributed by atoms with Gasteiger partial charge in [0, 0.05) is 19.0 Å². The summed E-state index contributed by atoms with van der Waals surface area (Å²) in [6, 6.07) is 5.90. The lowest BCUT2D eigenvalue weighted by atomic mass is 9.89. The van der Waals surface area contributed by atoms with Gasteiger partial charge < -0.3 is 16.0 Å². The number of aromatic nitrogens is 5. The van der Waals surface area contributed by atoms with Crippen molar-refractivity contribution in [3.8, 4) is 0 Å². The number of aromatic amines is 1. The lowest BCUT2D eigenvalue weighted by molar-refractivity contribution is -0.146. The Kier molecular flexibility index (Phi) is 4.76. The summed E-state index contributed by atoms with van der Waals surface area (Å²) >= 11 is 0. The van der Waals surface area contributed by atoms with E-state index in [-0.39, 0.29) is 6.04 Å². The van der Waals surface area contributed by atoms with Crippen LogP contribution in [-0.2, 0) is 16.6 Å². The van der Waals surface area contributed by atoms with Crippen LogP contribution in [0, 0.1) is 5.92 Å². The molecule has 1 aliphatic rings. The standard InChI is InChI=1S/C22H24N8O2/c1-12-3-5-18(13-4-6-17-14(7-13)8-26-29(17)2)30(11-12)22(32)21(31)27-16-10-24-20(23)15-9-25-28-19(15)16/h4,6-10,12,18H,3,5,11H2,1-2H3,(H2,23,24)(H,25,28)(H,27,31)/t12-,18+/m0/s1. The average molecular weight is 432 g/mol. The number of nitrogens with two attached hydrogens (primary N) is 1. The first-order valence-electron chi connectivity index (χ1n) is 10.5. The van der Waals surface area contributed by atoms with E-state index in [0.717, 1.165) is 29.3 Å². The quantitative estimate of drug-likeness (QED) is 0.416. The zero-order valence-corrected chi connectivity index (χ0v) is 17.9. The summed E-state index contributed by atoms with van der Waals surface area (Å²) in [6.07, 6.45) is 6.55. The molecule has 0 bridgehead atoms. The van der Waals surface area contributed by atoms with Crippen molar-refractivity contribution in [2.24, 2.45) is 13.0 Å². The van der Waals surface area contributed by atoms with Crippen LogP contribution in [0.4, 0.5) is 11.5 Å². The number of likely N-dealkylation sites (tertiary alicyclic amines) is 1. The third-order valence-electron chi connectivity index (χ3n) is 6.19. The van der Waals surface area contributed by atoms with E-state index >= 15 is 0 Å². The van der Waals surface area contributed by atoms with E-state index in [0.29, 0.717) is 34.9 Å². The number of nitrogens with zero attached hydrogens (tertiary/aromatic N) is 5. The molecular formula is C22H24N8O2. The predicted molar refractivity (Wildman–Crippen MR) is 120 cm³/mol. The Bertz CT molecular complexity index is 1340. The van der Waals surface area contributed by atoms with Gasteiger partial charge in [0.25, 0.3) is 0 Å². The zero-order valence-electron chi connectivity index (χ0n) is 17.9. The molecule has 1 aromatic carbocycles. The van der Waals surface area contributed by atoms with Gasteiger partial charge in [0.1, 0.15) is 5.82 Å². The number of anilines is 2. The lowest BCUT2D eigenvalue weighted by Gasteiger charge is -2.38. The van der Waals surface area contributed by atoms with Gasteiger partial charge in [-0.25, -0.2) is 4.98 Å². The largest absolute Gasteiger partial charge is 0.383 e. The van der Waals surface area contributed by atoms with Crippen LogP contribution in [0.2, 0.25) is 0 Å². The Morgan fingerprint density at radius 3 is 2.91 bits per heavy atom. The first-order chi connectivity index (χ1) is 15.4. The van der Waals surface area contributed by atoms with E-state index in [1.807, 2.05) is 30.1 Å². The molecule has 5 rings (SSSR count). The van der Waals surface area contributed by atoms with Crippen LogP contribution < -0.4 is 11.1 Å². The Labute approximate surface area is 183 Å². The van der Waals surface area contributed by atoms with Crippen LogP contribution in [-0.4, -0.2) is 48.2 Å². The number of piperidine rings is 1. The molecule has 10 heteroatoms. The Balaban J connectivity index is 1.43. The topological polar surface area (TPSA) is 135 Å². The molecule has 0 radical (unpaired) electrons. The minimum atomic E-state index is -0.714. The monoisotopic (exact) mass is 432 g/mol.